The molecule has 1 aliphatic heterocycles. The lowest BCUT2D eigenvalue weighted by atomic mass is 10.2. The Hall–Kier alpha value is -2.58. The molecule has 1 saturated heterocycles. The predicted octanol–water partition coefficient (Wildman–Crippen LogP) is 1.09. The van der Waals surface area contributed by atoms with Gasteiger partial charge in [-0.3, -0.25) is 4.99 Å². The maximum absolute atomic E-state index is 11.6. The summed E-state index contributed by atoms with van der Waals surface area (Å²) in [5.74, 6) is 1.65. The number of piperazine rings is 1. The zero-order valence-electron chi connectivity index (χ0n) is 16.7. The van der Waals surface area contributed by atoms with Gasteiger partial charge in [0.15, 0.2) is 5.96 Å². The third-order valence-corrected chi connectivity index (χ3v) is 3.93. The van der Waals surface area contributed by atoms with Crippen molar-refractivity contribution in [1.29, 1.82) is 0 Å². The van der Waals surface area contributed by atoms with Crippen LogP contribution in [0.15, 0.2) is 23.5 Å². The van der Waals surface area contributed by atoms with Crippen molar-refractivity contribution in [3.05, 3.63) is 18.5 Å². The van der Waals surface area contributed by atoms with Gasteiger partial charge in [-0.2, -0.15) is 0 Å². The molecule has 1 amide bonds. The van der Waals surface area contributed by atoms with Crippen LogP contribution in [0.1, 0.15) is 27.2 Å². The topological polar surface area (TPSA) is 95.0 Å². The number of anilines is 1. The number of nitrogens with one attached hydrogen (secondary N) is 2. The number of alkyl carbamates (subject to hydrolysis) is 1. The van der Waals surface area contributed by atoms with Crippen LogP contribution in [0.3, 0.4) is 0 Å². The van der Waals surface area contributed by atoms with Crippen molar-refractivity contribution >= 4 is 18.0 Å². The number of rotatable bonds is 5. The summed E-state index contributed by atoms with van der Waals surface area (Å²) in [7, 11) is 1.79. The Morgan fingerprint density at radius 1 is 1.15 bits per heavy atom. The van der Waals surface area contributed by atoms with Crippen molar-refractivity contribution in [2.75, 3.05) is 51.2 Å². The minimum absolute atomic E-state index is 0.383. The second-order valence-corrected chi connectivity index (χ2v) is 7.28. The number of carbonyl (C=O) groups excluding carboxylic acids is 1. The van der Waals surface area contributed by atoms with Gasteiger partial charge < -0.3 is 25.2 Å². The van der Waals surface area contributed by atoms with E-state index in [1.54, 1.807) is 19.4 Å². The van der Waals surface area contributed by atoms with E-state index in [4.69, 9.17) is 4.74 Å². The Bertz CT molecular complexity index is 608. The molecule has 27 heavy (non-hydrogen) atoms. The highest BCUT2D eigenvalue weighted by Gasteiger charge is 2.21. The first-order valence-corrected chi connectivity index (χ1v) is 9.33. The molecule has 0 bridgehead atoms. The first-order valence-electron chi connectivity index (χ1n) is 9.33. The fourth-order valence-electron chi connectivity index (χ4n) is 2.70. The number of hydrogen-bond acceptors (Lipinski definition) is 6. The fraction of sp³-hybridized carbons (Fsp3) is 0.667. The Kier molecular flexibility index (Phi) is 7.63. The average Bonchev–Trinajstić information content (AvgIpc) is 2.64. The minimum atomic E-state index is -0.475. The molecule has 0 saturated carbocycles. The number of guanidine groups is 1. The average molecular weight is 377 g/mol. The second kappa shape index (κ2) is 9.94. The van der Waals surface area contributed by atoms with Crippen molar-refractivity contribution in [3.63, 3.8) is 0 Å². The van der Waals surface area contributed by atoms with E-state index in [1.165, 1.54) is 0 Å². The smallest absolute Gasteiger partial charge is 0.407 e. The number of aromatic nitrogens is 2. The molecule has 9 heteroatoms. The quantitative estimate of drug-likeness (QED) is 0.450. The second-order valence-electron chi connectivity index (χ2n) is 7.28. The van der Waals surface area contributed by atoms with Crippen molar-refractivity contribution in [2.45, 2.75) is 32.8 Å². The van der Waals surface area contributed by atoms with Gasteiger partial charge >= 0.3 is 6.09 Å². The molecule has 1 fully saturated rings. The summed E-state index contributed by atoms with van der Waals surface area (Å²) in [4.78, 5) is 29.0. The van der Waals surface area contributed by atoms with E-state index in [2.05, 4.69) is 35.4 Å². The molecule has 1 aliphatic rings. The molecule has 0 radical (unpaired) electrons. The highest BCUT2D eigenvalue weighted by Crippen LogP contribution is 2.09. The molecule has 0 atom stereocenters. The SMILES string of the molecule is CN=C(NCCCNC(=O)OC(C)(C)C)N1CCN(c2ncccn2)CC1. The molecule has 1 aromatic heterocycles. The Balaban J connectivity index is 1.66. The van der Waals surface area contributed by atoms with Gasteiger partial charge in [0.2, 0.25) is 5.95 Å². The molecule has 9 nitrogen and oxygen atoms in total. The van der Waals surface area contributed by atoms with Gasteiger partial charge in [0, 0.05) is 58.7 Å². The van der Waals surface area contributed by atoms with E-state index in [-0.39, 0.29) is 6.09 Å². The van der Waals surface area contributed by atoms with Crippen molar-refractivity contribution < 1.29 is 9.53 Å². The molecule has 0 aliphatic carbocycles. The Labute approximate surface area is 161 Å². The van der Waals surface area contributed by atoms with Crippen LogP contribution < -0.4 is 15.5 Å². The monoisotopic (exact) mass is 377 g/mol. The van der Waals surface area contributed by atoms with Gasteiger partial charge in [0.05, 0.1) is 0 Å². The van der Waals surface area contributed by atoms with Crippen LogP contribution in [0.5, 0.6) is 0 Å². The van der Waals surface area contributed by atoms with E-state index in [1.807, 2.05) is 26.8 Å². The van der Waals surface area contributed by atoms with Crippen LogP contribution >= 0.6 is 0 Å². The van der Waals surface area contributed by atoms with Crippen molar-refractivity contribution in [2.24, 2.45) is 4.99 Å². The zero-order chi connectivity index (χ0) is 19.7. The van der Waals surface area contributed by atoms with E-state index >= 15 is 0 Å². The Morgan fingerprint density at radius 3 is 2.37 bits per heavy atom. The van der Waals surface area contributed by atoms with Gasteiger partial charge in [0.25, 0.3) is 0 Å². The number of aliphatic imine (C=N–C) groups is 1. The van der Waals surface area contributed by atoms with E-state index in [9.17, 15) is 4.79 Å². The number of hydrogen-bond donors (Lipinski definition) is 2. The molecule has 2 N–H and O–H groups in total. The summed E-state index contributed by atoms with van der Waals surface area (Å²) < 4.78 is 5.21. The molecule has 2 heterocycles. The lowest BCUT2D eigenvalue weighted by molar-refractivity contribution is 0.0527. The molecule has 0 aromatic carbocycles. The lowest BCUT2D eigenvalue weighted by Crippen LogP contribution is -2.53. The zero-order valence-corrected chi connectivity index (χ0v) is 16.7. The summed E-state index contributed by atoms with van der Waals surface area (Å²) in [5.41, 5.74) is -0.475. The summed E-state index contributed by atoms with van der Waals surface area (Å²) in [5, 5.41) is 6.11. The predicted molar refractivity (Wildman–Crippen MR) is 106 cm³/mol. The van der Waals surface area contributed by atoms with Crippen LogP contribution in [0.25, 0.3) is 0 Å². The van der Waals surface area contributed by atoms with E-state index in [0.717, 1.165) is 51.1 Å². The largest absolute Gasteiger partial charge is 0.444 e. The van der Waals surface area contributed by atoms with Gasteiger partial charge in [-0.1, -0.05) is 0 Å². The maximum atomic E-state index is 11.6. The van der Waals surface area contributed by atoms with Crippen LogP contribution in [0.4, 0.5) is 10.7 Å². The molecular formula is C18H31N7O2. The number of carbonyl (C=O) groups is 1. The van der Waals surface area contributed by atoms with Crippen LogP contribution in [0, 0.1) is 0 Å². The highest BCUT2D eigenvalue weighted by molar-refractivity contribution is 5.80. The molecule has 2 rings (SSSR count). The summed E-state index contributed by atoms with van der Waals surface area (Å²) in [6, 6.07) is 1.82. The summed E-state index contributed by atoms with van der Waals surface area (Å²) >= 11 is 0. The van der Waals surface area contributed by atoms with Crippen LogP contribution in [-0.2, 0) is 4.74 Å². The molecule has 1 aromatic rings. The Morgan fingerprint density at radius 2 is 1.78 bits per heavy atom. The molecule has 0 spiro atoms. The molecule has 150 valence electrons. The number of ether oxygens (including phenoxy) is 1. The number of amides is 1. The van der Waals surface area contributed by atoms with Gasteiger partial charge in [-0.05, 0) is 33.3 Å². The maximum Gasteiger partial charge on any atom is 0.407 e. The summed E-state index contributed by atoms with van der Waals surface area (Å²) in [6.45, 7) is 10.2. The number of nitrogens with zero attached hydrogens (tertiary/aromatic N) is 5. The van der Waals surface area contributed by atoms with Gasteiger partial charge in [-0.25, -0.2) is 14.8 Å². The summed E-state index contributed by atoms with van der Waals surface area (Å²) in [6.07, 6.45) is 3.93. The normalized spacial score (nSPS) is 15.5. The van der Waals surface area contributed by atoms with Crippen LogP contribution in [0.2, 0.25) is 0 Å². The fourth-order valence-corrected chi connectivity index (χ4v) is 2.70. The van der Waals surface area contributed by atoms with Gasteiger partial charge in [-0.15, -0.1) is 0 Å². The lowest BCUT2D eigenvalue weighted by Gasteiger charge is -2.36. The first-order chi connectivity index (χ1) is 12.9. The third-order valence-electron chi connectivity index (χ3n) is 3.93. The molecule has 0 unspecified atom stereocenters. The standard InChI is InChI=1S/C18H31N7O2/c1-18(2,3)27-17(26)23-10-6-7-20-15(19-4)24-11-13-25(14-12-24)16-21-8-5-9-22-16/h5,8-9H,6-7,10-14H2,1-4H3,(H,19,20)(H,23,26). The van der Waals surface area contributed by atoms with Crippen LogP contribution in [-0.4, -0.2) is 78.8 Å². The van der Waals surface area contributed by atoms with E-state index in [0.29, 0.717) is 6.54 Å². The first kappa shape index (κ1) is 20.7. The van der Waals surface area contributed by atoms with Gasteiger partial charge in [0.1, 0.15) is 5.60 Å². The van der Waals surface area contributed by atoms with E-state index < -0.39 is 5.60 Å². The highest BCUT2D eigenvalue weighted by atomic mass is 16.6. The molecular weight excluding hydrogens is 346 g/mol. The minimum Gasteiger partial charge on any atom is -0.444 e. The third kappa shape index (κ3) is 7.28. The van der Waals surface area contributed by atoms with Crippen molar-refractivity contribution in [1.82, 2.24) is 25.5 Å². The van der Waals surface area contributed by atoms with Crippen molar-refractivity contribution in [3.8, 4) is 0 Å².